The Hall–Kier alpha value is -1.52. The number of amides is 1. The molecule has 0 aromatic carbocycles. The van der Waals surface area contributed by atoms with Crippen LogP contribution in [0.1, 0.15) is 25.7 Å². The van der Waals surface area contributed by atoms with Crippen LogP contribution >= 0.6 is 0 Å². The van der Waals surface area contributed by atoms with Crippen molar-refractivity contribution < 1.29 is 4.79 Å². The number of nitrogens with one attached hydrogen (secondary N) is 1. The molecule has 1 amide bonds. The Morgan fingerprint density at radius 2 is 2.06 bits per heavy atom. The molecule has 1 saturated carbocycles. The minimum absolute atomic E-state index is 0.0135. The number of likely N-dealkylation sites (N-methyl/N-ethyl adjacent to an activating group) is 1. The van der Waals surface area contributed by atoms with Crippen molar-refractivity contribution in [3.8, 4) is 0 Å². The van der Waals surface area contributed by atoms with Gasteiger partial charge in [0.15, 0.2) is 0 Å². The van der Waals surface area contributed by atoms with Gasteiger partial charge in [-0.2, -0.15) is 0 Å². The van der Waals surface area contributed by atoms with Crippen LogP contribution in [-0.4, -0.2) is 41.2 Å². The van der Waals surface area contributed by atoms with Crippen LogP contribution in [0.25, 0.3) is 0 Å². The van der Waals surface area contributed by atoms with Crippen LogP contribution in [0.15, 0.2) is 11.9 Å². The van der Waals surface area contributed by atoms with Crippen molar-refractivity contribution in [2.45, 2.75) is 31.7 Å². The average molecular weight is 222 g/mol. The highest BCUT2D eigenvalue weighted by molar-refractivity contribution is 6.04. The molecule has 1 saturated heterocycles. The van der Waals surface area contributed by atoms with Gasteiger partial charge < -0.3 is 15.5 Å². The summed E-state index contributed by atoms with van der Waals surface area (Å²) in [6.07, 6.45) is 5.90. The van der Waals surface area contributed by atoms with Gasteiger partial charge in [-0.25, -0.2) is 0 Å². The number of hydrogen-bond acceptors (Lipinski definition) is 3. The molecule has 0 aromatic heterocycles. The van der Waals surface area contributed by atoms with Gasteiger partial charge in [-0.3, -0.25) is 10.2 Å². The van der Waals surface area contributed by atoms with E-state index >= 15 is 0 Å². The Balaban J connectivity index is 2.21. The highest BCUT2D eigenvalue weighted by atomic mass is 16.2. The lowest BCUT2D eigenvalue weighted by atomic mass is 10.1. The first-order valence-corrected chi connectivity index (χ1v) is 5.69. The third-order valence-corrected chi connectivity index (χ3v) is 3.49. The van der Waals surface area contributed by atoms with E-state index in [0.717, 1.165) is 12.8 Å². The molecule has 1 aliphatic heterocycles. The largest absolute Gasteiger partial charge is 0.403 e. The fourth-order valence-corrected chi connectivity index (χ4v) is 2.49. The molecular formula is C11H18N4O. The zero-order chi connectivity index (χ0) is 11.7. The first kappa shape index (κ1) is 11.0. The van der Waals surface area contributed by atoms with Crippen molar-refractivity contribution in [3.63, 3.8) is 0 Å². The van der Waals surface area contributed by atoms with Crippen LogP contribution in [0.2, 0.25) is 0 Å². The van der Waals surface area contributed by atoms with Gasteiger partial charge in [-0.05, 0) is 12.8 Å². The molecule has 88 valence electrons. The van der Waals surface area contributed by atoms with Crippen molar-refractivity contribution >= 4 is 11.7 Å². The van der Waals surface area contributed by atoms with E-state index in [1.807, 2.05) is 4.90 Å². The second-order valence-corrected chi connectivity index (χ2v) is 4.42. The number of carbonyl (C=O) groups is 1. The number of amidine groups is 1. The Morgan fingerprint density at radius 1 is 1.44 bits per heavy atom. The van der Waals surface area contributed by atoms with Crippen LogP contribution in [0.4, 0.5) is 0 Å². The summed E-state index contributed by atoms with van der Waals surface area (Å²) >= 11 is 0. The molecule has 5 heteroatoms. The predicted molar refractivity (Wildman–Crippen MR) is 61.7 cm³/mol. The van der Waals surface area contributed by atoms with E-state index in [-0.39, 0.29) is 5.91 Å². The molecule has 2 rings (SSSR count). The predicted octanol–water partition coefficient (Wildman–Crippen LogP) is 0.480. The number of piperazine rings is 1. The molecule has 0 spiro atoms. The molecule has 2 fully saturated rings. The van der Waals surface area contributed by atoms with Gasteiger partial charge in [-0.1, -0.05) is 12.8 Å². The summed E-state index contributed by atoms with van der Waals surface area (Å²) in [6, 6.07) is 0.347. The summed E-state index contributed by atoms with van der Waals surface area (Å²) in [7, 11) is 1.67. The van der Waals surface area contributed by atoms with Gasteiger partial charge in [0.25, 0.3) is 0 Å². The summed E-state index contributed by atoms with van der Waals surface area (Å²) in [5.74, 6) is 0.399. The van der Waals surface area contributed by atoms with Crippen LogP contribution in [0, 0.1) is 5.41 Å². The van der Waals surface area contributed by atoms with E-state index in [1.165, 1.54) is 23.9 Å². The molecule has 0 unspecified atom stereocenters. The minimum Gasteiger partial charge on any atom is -0.403 e. The van der Waals surface area contributed by atoms with Crippen molar-refractivity contribution in [3.05, 3.63) is 11.9 Å². The maximum Gasteiger partial charge on any atom is 0.246 e. The van der Waals surface area contributed by atoms with Crippen molar-refractivity contribution in [2.24, 2.45) is 5.73 Å². The molecule has 0 bridgehead atoms. The van der Waals surface area contributed by atoms with E-state index in [4.69, 9.17) is 11.1 Å². The molecule has 0 aromatic rings. The summed E-state index contributed by atoms with van der Waals surface area (Å²) in [5, 5.41) is 8.07. The second kappa shape index (κ2) is 4.15. The standard InChI is InChI=1S/C11H18N4O/c1-14-9(6-12)11(13)15(7-10(14)16)8-4-2-3-5-8/h6,8,13H,2-5,7,12H2,1H3/b9-6+,13-11?. The van der Waals surface area contributed by atoms with Crippen molar-refractivity contribution in [1.82, 2.24) is 9.80 Å². The maximum atomic E-state index is 11.8. The molecule has 1 aliphatic carbocycles. The van der Waals surface area contributed by atoms with Crippen LogP contribution < -0.4 is 5.73 Å². The number of rotatable bonds is 1. The molecule has 16 heavy (non-hydrogen) atoms. The van der Waals surface area contributed by atoms with E-state index in [1.54, 1.807) is 7.05 Å². The lowest BCUT2D eigenvalue weighted by Crippen LogP contribution is -2.53. The minimum atomic E-state index is 0.0135. The van der Waals surface area contributed by atoms with Crippen molar-refractivity contribution in [2.75, 3.05) is 13.6 Å². The zero-order valence-electron chi connectivity index (χ0n) is 9.57. The SMILES string of the molecule is CN1C(=O)CN(C2CCCC2)C(=N)/C1=C\N. The van der Waals surface area contributed by atoms with Gasteiger partial charge in [-0.15, -0.1) is 0 Å². The molecule has 0 atom stereocenters. The molecule has 0 radical (unpaired) electrons. The first-order chi connectivity index (χ1) is 7.65. The van der Waals surface area contributed by atoms with Crippen LogP contribution in [-0.2, 0) is 4.79 Å². The zero-order valence-corrected chi connectivity index (χ0v) is 9.57. The lowest BCUT2D eigenvalue weighted by Gasteiger charge is -2.39. The molecule has 2 aliphatic rings. The normalized spacial score (nSPS) is 25.9. The summed E-state index contributed by atoms with van der Waals surface area (Å²) in [6.45, 7) is 0.317. The monoisotopic (exact) mass is 222 g/mol. The molecule has 5 nitrogen and oxygen atoms in total. The topological polar surface area (TPSA) is 73.4 Å². The second-order valence-electron chi connectivity index (χ2n) is 4.42. The quantitative estimate of drug-likeness (QED) is 0.677. The van der Waals surface area contributed by atoms with E-state index in [0.29, 0.717) is 24.1 Å². The Labute approximate surface area is 95.4 Å². The first-order valence-electron chi connectivity index (χ1n) is 5.69. The van der Waals surface area contributed by atoms with Gasteiger partial charge in [0.2, 0.25) is 5.91 Å². The smallest absolute Gasteiger partial charge is 0.246 e. The maximum absolute atomic E-state index is 11.8. The molecular weight excluding hydrogens is 204 g/mol. The molecule has 3 N–H and O–H groups in total. The Morgan fingerprint density at radius 3 is 2.62 bits per heavy atom. The van der Waals surface area contributed by atoms with E-state index in [2.05, 4.69) is 0 Å². The highest BCUT2D eigenvalue weighted by Gasteiger charge is 2.34. The third-order valence-electron chi connectivity index (χ3n) is 3.49. The Kier molecular flexibility index (Phi) is 2.85. The number of nitrogens with zero attached hydrogens (tertiary/aromatic N) is 2. The van der Waals surface area contributed by atoms with E-state index < -0.39 is 0 Å². The van der Waals surface area contributed by atoms with Gasteiger partial charge in [0.05, 0.1) is 6.54 Å². The van der Waals surface area contributed by atoms with Gasteiger partial charge in [0.1, 0.15) is 11.5 Å². The number of carbonyl (C=O) groups excluding carboxylic acids is 1. The summed E-state index contributed by atoms with van der Waals surface area (Å²) in [4.78, 5) is 15.1. The number of hydrogen-bond donors (Lipinski definition) is 2. The lowest BCUT2D eigenvalue weighted by molar-refractivity contribution is -0.129. The van der Waals surface area contributed by atoms with Gasteiger partial charge >= 0.3 is 0 Å². The third kappa shape index (κ3) is 1.66. The Bertz CT molecular complexity index is 344. The fourth-order valence-electron chi connectivity index (χ4n) is 2.49. The average Bonchev–Trinajstić information content (AvgIpc) is 2.77. The van der Waals surface area contributed by atoms with Gasteiger partial charge in [0, 0.05) is 19.3 Å². The number of nitrogens with two attached hydrogens (primary N) is 1. The summed E-state index contributed by atoms with van der Waals surface area (Å²) in [5.41, 5.74) is 6.00. The van der Waals surface area contributed by atoms with Crippen LogP contribution in [0.5, 0.6) is 0 Å². The van der Waals surface area contributed by atoms with E-state index in [9.17, 15) is 4.79 Å². The molecule has 1 heterocycles. The highest BCUT2D eigenvalue weighted by Crippen LogP contribution is 2.27. The van der Waals surface area contributed by atoms with Crippen LogP contribution in [0.3, 0.4) is 0 Å². The van der Waals surface area contributed by atoms with Crippen molar-refractivity contribution in [1.29, 1.82) is 5.41 Å². The summed E-state index contributed by atoms with van der Waals surface area (Å²) < 4.78 is 0. The fraction of sp³-hybridized carbons (Fsp3) is 0.636.